The third-order valence-corrected chi connectivity index (χ3v) is 5.10. The number of phenols is 1. The fourth-order valence-electron chi connectivity index (χ4n) is 3.50. The SMILES string of the molecule is CC(C)(C)OC(=O)N(CCO)CCN(C(=O)OC(C)(C)C)c1ccn2ncc(-c3cc(O)ccc3F)c2n1. The zero-order valence-electron chi connectivity index (χ0n) is 22.4. The summed E-state index contributed by atoms with van der Waals surface area (Å²) in [5.74, 6) is -0.536. The molecular weight excluding hydrogens is 497 g/mol. The van der Waals surface area contributed by atoms with E-state index < -0.39 is 29.2 Å². The number of nitrogens with zero attached hydrogens (tertiary/aromatic N) is 5. The zero-order chi connectivity index (χ0) is 28.3. The summed E-state index contributed by atoms with van der Waals surface area (Å²) in [6, 6.07) is 5.17. The van der Waals surface area contributed by atoms with Gasteiger partial charge in [-0.05, 0) is 65.8 Å². The molecule has 38 heavy (non-hydrogen) atoms. The Balaban J connectivity index is 1.99. The minimum Gasteiger partial charge on any atom is -0.508 e. The summed E-state index contributed by atoms with van der Waals surface area (Å²) in [7, 11) is 0. The number of fused-ring (bicyclic) bond motifs is 1. The van der Waals surface area contributed by atoms with E-state index in [-0.39, 0.29) is 49.0 Å². The number of hydrogen-bond donors (Lipinski definition) is 2. The van der Waals surface area contributed by atoms with Gasteiger partial charge < -0.3 is 24.6 Å². The number of amides is 2. The van der Waals surface area contributed by atoms with Crippen LogP contribution in [0.1, 0.15) is 41.5 Å². The number of aliphatic hydroxyl groups is 1. The summed E-state index contributed by atoms with van der Waals surface area (Å²) in [6.45, 7) is 10.0. The van der Waals surface area contributed by atoms with Crippen LogP contribution in [0.2, 0.25) is 0 Å². The van der Waals surface area contributed by atoms with E-state index >= 15 is 0 Å². The molecule has 0 aliphatic rings. The normalized spacial score (nSPS) is 11.9. The van der Waals surface area contributed by atoms with Gasteiger partial charge in [-0.2, -0.15) is 5.10 Å². The highest BCUT2D eigenvalue weighted by atomic mass is 19.1. The lowest BCUT2D eigenvalue weighted by Crippen LogP contribution is -2.45. The molecule has 1 aromatic carbocycles. The van der Waals surface area contributed by atoms with Gasteiger partial charge in [0, 0.05) is 37.0 Å². The van der Waals surface area contributed by atoms with Crippen LogP contribution in [0.5, 0.6) is 5.75 Å². The average molecular weight is 532 g/mol. The average Bonchev–Trinajstić information content (AvgIpc) is 3.21. The van der Waals surface area contributed by atoms with Crippen LogP contribution in [0.25, 0.3) is 16.8 Å². The maximum atomic E-state index is 14.6. The number of carbonyl (C=O) groups is 2. The fraction of sp³-hybridized carbons (Fsp3) is 0.462. The molecule has 2 amide bonds. The second-order valence-corrected chi connectivity index (χ2v) is 10.6. The Kier molecular flexibility index (Phi) is 8.45. The molecule has 2 heterocycles. The topological polar surface area (TPSA) is 130 Å². The lowest BCUT2D eigenvalue weighted by molar-refractivity contribution is 0.0218. The number of halogens is 1. The van der Waals surface area contributed by atoms with Gasteiger partial charge in [0.25, 0.3) is 0 Å². The molecule has 0 saturated heterocycles. The first kappa shape index (κ1) is 28.6. The molecule has 3 rings (SSSR count). The molecule has 3 aromatic rings. The van der Waals surface area contributed by atoms with Crippen molar-refractivity contribution in [3.63, 3.8) is 0 Å². The van der Waals surface area contributed by atoms with Gasteiger partial charge >= 0.3 is 12.2 Å². The van der Waals surface area contributed by atoms with Crippen molar-refractivity contribution in [1.82, 2.24) is 19.5 Å². The van der Waals surface area contributed by atoms with E-state index in [1.165, 1.54) is 38.7 Å². The number of benzene rings is 1. The van der Waals surface area contributed by atoms with Crippen LogP contribution in [-0.4, -0.2) is 79.3 Å². The van der Waals surface area contributed by atoms with Gasteiger partial charge in [0.05, 0.1) is 12.8 Å². The Bertz CT molecular complexity index is 1300. The van der Waals surface area contributed by atoms with Crippen LogP contribution in [0.15, 0.2) is 36.7 Å². The molecule has 2 N–H and O–H groups in total. The molecular formula is C26H34FN5O6. The van der Waals surface area contributed by atoms with E-state index in [9.17, 15) is 24.2 Å². The van der Waals surface area contributed by atoms with Crippen molar-refractivity contribution in [2.24, 2.45) is 0 Å². The number of carbonyl (C=O) groups excluding carboxylic acids is 2. The van der Waals surface area contributed by atoms with Crippen LogP contribution in [-0.2, 0) is 9.47 Å². The molecule has 0 spiro atoms. The molecule has 0 aliphatic heterocycles. The van der Waals surface area contributed by atoms with Crippen molar-refractivity contribution in [2.45, 2.75) is 52.7 Å². The lowest BCUT2D eigenvalue weighted by atomic mass is 10.1. The number of aliphatic hydroxyl groups excluding tert-OH is 1. The second kappa shape index (κ2) is 11.2. The highest BCUT2D eigenvalue weighted by Crippen LogP contribution is 2.30. The first-order valence-electron chi connectivity index (χ1n) is 12.1. The van der Waals surface area contributed by atoms with E-state index in [1.54, 1.807) is 47.7 Å². The maximum absolute atomic E-state index is 14.6. The summed E-state index contributed by atoms with van der Waals surface area (Å²) in [5.41, 5.74) is -0.934. The Morgan fingerprint density at radius 3 is 2.26 bits per heavy atom. The Hall–Kier alpha value is -3.93. The molecule has 0 radical (unpaired) electrons. The third kappa shape index (κ3) is 7.31. The van der Waals surface area contributed by atoms with Gasteiger partial charge in [0.1, 0.15) is 28.6 Å². The zero-order valence-corrected chi connectivity index (χ0v) is 22.4. The third-order valence-electron chi connectivity index (χ3n) is 5.10. The minimum absolute atomic E-state index is 0.00686. The summed E-state index contributed by atoms with van der Waals surface area (Å²) in [6.07, 6.45) is 1.61. The molecule has 0 bridgehead atoms. The molecule has 11 nitrogen and oxygen atoms in total. The monoisotopic (exact) mass is 531 g/mol. The maximum Gasteiger partial charge on any atom is 0.416 e. The van der Waals surface area contributed by atoms with Crippen molar-refractivity contribution in [3.05, 3.63) is 42.5 Å². The molecule has 0 saturated carbocycles. The highest BCUT2D eigenvalue weighted by molar-refractivity contribution is 5.88. The predicted molar refractivity (Wildman–Crippen MR) is 139 cm³/mol. The molecule has 12 heteroatoms. The number of hydrogen-bond acceptors (Lipinski definition) is 8. The van der Waals surface area contributed by atoms with Gasteiger partial charge in [0.2, 0.25) is 0 Å². The van der Waals surface area contributed by atoms with Crippen molar-refractivity contribution in [1.29, 1.82) is 0 Å². The van der Waals surface area contributed by atoms with Gasteiger partial charge in [-0.3, -0.25) is 4.90 Å². The minimum atomic E-state index is -0.818. The first-order chi connectivity index (χ1) is 17.7. The highest BCUT2D eigenvalue weighted by Gasteiger charge is 2.28. The van der Waals surface area contributed by atoms with Crippen molar-refractivity contribution in [2.75, 3.05) is 31.1 Å². The van der Waals surface area contributed by atoms with Crippen LogP contribution >= 0.6 is 0 Å². The van der Waals surface area contributed by atoms with Crippen LogP contribution < -0.4 is 4.90 Å². The summed E-state index contributed by atoms with van der Waals surface area (Å²) >= 11 is 0. The Morgan fingerprint density at radius 1 is 0.974 bits per heavy atom. The molecule has 0 unspecified atom stereocenters. The van der Waals surface area contributed by atoms with E-state index in [0.29, 0.717) is 5.56 Å². The first-order valence-corrected chi connectivity index (χ1v) is 12.1. The van der Waals surface area contributed by atoms with Gasteiger partial charge in [-0.15, -0.1) is 0 Å². The second-order valence-electron chi connectivity index (χ2n) is 10.6. The smallest absolute Gasteiger partial charge is 0.416 e. The predicted octanol–water partition coefficient (Wildman–Crippen LogP) is 4.21. The number of aromatic nitrogens is 3. The van der Waals surface area contributed by atoms with Crippen molar-refractivity contribution >= 4 is 23.7 Å². The standard InChI is InChI=1S/C26H34FN5O6/c1-25(2,3)37-23(35)30(13-14-33)11-12-31(24(36)38-26(4,5)6)21-9-10-32-22(29-21)19(16-28-32)18-15-17(34)7-8-20(18)27/h7-10,15-16,33-34H,11-14H2,1-6H3. The molecule has 0 atom stereocenters. The largest absolute Gasteiger partial charge is 0.508 e. The van der Waals surface area contributed by atoms with E-state index in [2.05, 4.69) is 10.1 Å². The van der Waals surface area contributed by atoms with Crippen LogP contribution in [0.4, 0.5) is 19.8 Å². The van der Waals surface area contributed by atoms with Crippen LogP contribution in [0.3, 0.4) is 0 Å². The lowest BCUT2D eigenvalue weighted by Gasteiger charge is -2.30. The van der Waals surface area contributed by atoms with Gasteiger partial charge in [-0.25, -0.2) is 23.5 Å². The number of phenolic OH excluding ortho intramolecular Hbond substituents is 1. The number of anilines is 1. The number of ether oxygens (including phenoxy) is 2. The molecule has 0 aliphatic carbocycles. The quantitative estimate of drug-likeness (QED) is 0.464. The Labute approximate surface area is 220 Å². The van der Waals surface area contributed by atoms with E-state index in [0.717, 1.165) is 6.07 Å². The molecule has 2 aromatic heterocycles. The summed E-state index contributed by atoms with van der Waals surface area (Å²) in [4.78, 5) is 33.0. The van der Waals surface area contributed by atoms with Crippen molar-refractivity contribution in [3.8, 4) is 16.9 Å². The fourth-order valence-corrected chi connectivity index (χ4v) is 3.50. The van der Waals surface area contributed by atoms with Crippen LogP contribution in [0, 0.1) is 5.82 Å². The number of aromatic hydroxyl groups is 1. The van der Waals surface area contributed by atoms with E-state index in [1.807, 2.05) is 0 Å². The summed E-state index contributed by atoms with van der Waals surface area (Å²) < 4.78 is 27.0. The molecule has 0 fully saturated rings. The van der Waals surface area contributed by atoms with Crippen molar-refractivity contribution < 1.29 is 33.7 Å². The summed E-state index contributed by atoms with van der Waals surface area (Å²) in [5, 5.41) is 23.5. The van der Waals surface area contributed by atoms with Gasteiger partial charge in [0.15, 0.2) is 5.65 Å². The molecule has 206 valence electrons. The Morgan fingerprint density at radius 2 is 1.63 bits per heavy atom. The van der Waals surface area contributed by atoms with E-state index in [4.69, 9.17) is 9.47 Å². The van der Waals surface area contributed by atoms with Gasteiger partial charge in [-0.1, -0.05) is 0 Å². The number of rotatable bonds is 7.